The molecule has 2 aromatic carbocycles. The number of aryl methyl sites for hydroxylation is 1. The molecule has 2 unspecified atom stereocenters. The summed E-state index contributed by atoms with van der Waals surface area (Å²) >= 11 is 3.47. The summed E-state index contributed by atoms with van der Waals surface area (Å²) in [7, 11) is 0. The Morgan fingerprint density at radius 2 is 1.96 bits per heavy atom. The highest BCUT2D eigenvalue weighted by Crippen LogP contribution is 2.29. The van der Waals surface area contributed by atoms with Crippen molar-refractivity contribution in [2.75, 3.05) is 6.54 Å². The fraction of sp³-hybridized carbons (Fsp3) is 0.250. The molecule has 2 aromatic rings. The lowest BCUT2D eigenvalue weighted by molar-refractivity contribution is -0.133. The van der Waals surface area contributed by atoms with E-state index in [1.54, 1.807) is 0 Å². The maximum atomic E-state index is 12.7. The van der Waals surface area contributed by atoms with Gasteiger partial charge in [0.05, 0.1) is 5.71 Å². The standard InChI is InChI=1S/C20H18BrN3O2/c21-14-7-8-15-13(10-14)6-9-17(15)23-24-20(26)18-16(11-22-19(18)25)12-4-2-1-3-5-12/h1-5,7-8,10,16,18H,6,9,11H2,(H,22,25)(H,24,26)/b23-17-. The summed E-state index contributed by atoms with van der Waals surface area (Å²) < 4.78 is 1.04. The summed E-state index contributed by atoms with van der Waals surface area (Å²) in [6.07, 6.45) is 1.69. The van der Waals surface area contributed by atoms with E-state index in [0.717, 1.165) is 34.2 Å². The molecular formula is C20H18BrN3O2. The number of amides is 2. The smallest absolute Gasteiger partial charge is 0.253 e. The van der Waals surface area contributed by atoms with Crippen LogP contribution in [0.15, 0.2) is 58.1 Å². The first kappa shape index (κ1) is 17.0. The maximum Gasteiger partial charge on any atom is 0.253 e. The Morgan fingerprint density at radius 3 is 2.77 bits per heavy atom. The van der Waals surface area contributed by atoms with E-state index in [4.69, 9.17) is 0 Å². The van der Waals surface area contributed by atoms with Gasteiger partial charge in [0.25, 0.3) is 5.91 Å². The van der Waals surface area contributed by atoms with Crippen LogP contribution in [-0.2, 0) is 16.0 Å². The summed E-state index contributed by atoms with van der Waals surface area (Å²) in [6.45, 7) is 0.467. The number of rotatable bonds is 3. The number of halogens is 1. The molecule has 5 nitrogen and oxygen atoms in total. The van der Waals surface area contributed by atoms with Gasteiger partial charge >= 0.3 is 0 Å². The molecule has 6 heteroatoms. The van der Waals surface area contributed by atoms with Crippen LogP contribution in [0, 0.1) is 5.92 Å². The number of carbonyl (C=O) groups is 2. The Hall–Kier alpha value is -2.47. The molecule has 0 bridgehead atoms. The number of fused-ring (bicyclic) bond motifs is 1. The Balaban J connectivity index is 1.52. The van der Waals surface area contributed by atoms with Crippen LogP contribution in [0.1, 0.15) is 29.0 Å². The van der Waals surface area contributed by atoms with Crippen molar-refractivity contribution in [2.45, 2.75) is 18.8 Å². The van der Waals surface area contributed by atoms with Crippen molar-refractivity contribution in [1.29, 1.82) is 0 Å². The molecule has 26 heavy (non-hydrogen) atoms. The molecule has 0 saturated carbocycles. The quantitative estimate of drug-likeness (QED) is 0.601. The van der Waals surface area contributed by atoms with E-state index in [9.17, 15) is 9.59 Å². The number of hydrogen-bond donors (Lipinski definition) is 2. The van der Waals surface area contributed by atoms with Crippen LogP contribution < -0.4 is 10.7 Å². The van der Waals surface area contributed by atoms with Gasteiger partial charge in [-0.05, 0) is 36.1 Å². The van der Waals surface area contributed by atoms with E-state index < -0.39 is 5.92 Å². The van der Waals surface area contributed by atoms with Gasteiger partial charge < -0.3 is 5.32 Å². The fourth-order valence-corrected chi connectivity index (χ4v) is 4.09. The predicted molar refractivity (Wildman–Crippen MR) is 103 cm³/mol. The fourth-order valence-electron chi connectivity index (χ4n) is 3.68. The van der Waals surface area contributed by atoms with E-state index in [-0.39, 0.29) is 17.7 Å². The first-order chi connectivity index (χ1) is 12.6. The zero-order chi connectivity index (χ0) is 18.1. The molecule has 1 aliphatic heterocycles. The van der Waals surface area contributed by atoms with Crippen molar-refractivity contribution in [3.8, 4) is 0 Å². The number of benzene rings is 2. The summed E-state index contributed by atoms with van der Waals surface area (Å²) in [5, 5.41) is 7.12. The zero-order valence-corrected chi connectivity index (χ0v) is 15.6. The number of hydrazone groups is 1. The average Bonchev–Trinajstić information content (AvgIpc) is 3.23. The molecule has 132 valence electrons. The third-order valence-corrected chi connectivity index (χ3v) is 5.49. The van der Waals surface area contributed by atoms with E-state index >= 15 is 0 Å². The van der Waals surface area contributed by atoms with Crippen LogP contribution in [0.4, 0.5) is 0 Å². The Bertz CT molecular complexity index is 895. The SMILES string of the molecule is O=C1NCC(c2ccccc2)C1C(=O)N/N=C1/CCc2cc(Br)ccc21. The van der Waals surface area contributed by atoms with Crippen molar-refractivity contribution in [3.63, 3.8) is 0 Å². The van der Waals surface area contributed by atoms with Crippen molar-refractivity contribution < 1.29 is 9.59 Å². The van der Waals surface area contributed by atoms with E-state index in [2.05, 4.69) is 37.8 Å². The summed E-state index contributed by atoms with van der Waals surface area (Å²) in [5.74, 6) is -1.53. The van der Waals surface area contributed by atoms with Crippen LogP contribution in [-0.4, -0.2) is 24.1 Å². The average molecular weight is 412 g/mol. The van der Waals surface area contributed by atoms with E-state index in [1.807, 2.05) is 42.5 Å². The van der Waals surface area contributed by atoms with Crippen molar-refractivity contribution in [1.82, 2.24) is 10.7 Å². The normalized spacial score (nSPS) is 23.0. The lowest BCUT2D eigenvalue weighted by Gasteiger charge is -2.15. The minimum Gasteiger partial charge on any atom is -0.355 e. The lowest BCUT2D eigenvalue weighted by Crippen LogP contribution is -2.35. The third kappa shape index (κ3) is 3.17. The Morgan fingerprint density at radius 1 is 1.15 bits per heavy atom. The van der Waals surface area contributed by atoms with E-state index in [1.165, 1.54) is 5.56 Å². The maximum absolute atomic E-state index is 12.7. The van der Waals surface area contributed by atoms with Gasteiger partial charge in [0.1, 0.15) is 5.92 Å². The summed E-state index contributed by atoms with van der Waals surface area (Å²) in [5.41, 5.74) is 6.74. The second-order valence-corrected chi connectivity index (χ2v) is 7.49. The molecule has 2 atom stereocenters. The topological polar surface area (TPSA) is 70.6 Å². The van der Waals surface area contributed by atoms with Crippen molar-refractivity contribution in [3.05, 3.63) is 69.7 Å². The van der Waals surface area contributed by atoms with Gasteiger partial charge in [-0.15, -0.1) is 0 Å². The molecule has 0 spiro atoms. The minimum absolute atomic E-state index is 0.171. The van der Waals surface area contributed by atoms with Crippen LogP contribution in [0.5, 0.6) is 0 Å². The second-order valence-electron chi connectivity index (χ2n) is 6.58. The molecule has 2 aliphatic rings. The molecule has 0 radical (unpaired) electrons. The molecule has 2 amide bonds. The molecule has 0 aromatic heterocycles. The molecule has 2 N–H and O–H groups in total. The minimum atomic E-state index is -0.757. The second kappa shape index (κ2) is 7.03. The van der Waals surface area contributed by atoms with Gasteiger partial charge in [-0.25, -0.2) is 5.43 Å². The molecule has 4 rings (SSSR count). The zero-order valence-electron chi connectivity index (χ0n) is 14.0. The van der Waals surface area contributed by atoms with Gasteiger partial charge in [0.15, 0.2) is 0 Å². The van der Waals surface area contributed by atoms with Crippen LogP contribution >= 0.6 is 15.9 Å². The molecule has 1 aliphatic carbocycles. The monoisotopic (exact) mass is 411 g/mol. The Kier molecular flexibility index (Phi) is 4.59. The van der Waals surface area contributed by atoms with Gasteiger partial charge in [-0.1, -0.05) is 52.3 Å². The van der Waals surface area contributed by atoms with Crippen LogP contribution in [0.3, 0.4) is 0 Å². The predicted octanol–water partition coefficient (Wildman–Crippen LogP) is 2.75. The Labute approximate surface area is 160 Å². The highest BCUT2D eigenvalue weighted by atomic mass is 79.9. The highest BCUT2D eigenvalue weighted by molar-refractivity contribution is 9.10. The van der Waals surface area contributed by atoms with Crippen LogP contribution in [0.2, 0.25) is 0 Å². The largest absolute Gasteiger partial charge is 0.355 e. The first-order valence-electron chi connectivity index (χ1n) is 8.61. The number of carbonyl (C=O) groups excluding carboxylic acids is 2. The first-order valence-corrected chi connectivity index (χ1v) is 9.40. The molecule has 1 heterocycles. The van der Waals surface area contributed by atoms with Crippen LogP contribution in [0.25, 0.3) is 0 Å². The molecule has 1 saturated heterocycles. The van der Waals surface area contributed by atoms with Crippen molar-refractivity contribution >= 4 is 33.5 Å². The van der Waals surface area contributed by atoms with Gasteiger partial charge in [0.2, 0.25) is 5.91 Å². The van der Waals surface area contributed by atoms with Crippen molar-refractivity contribution in [2.24, 2.45) is 11.0 Å². The van der Waals surface area contributed by atoms with Gasteiger partial charge in [0, 0.05) is 22.5 Å². The lowest BCUT2D eigenvalue weighted by atomic mass is 9.88. The summed E-state index contributed by atoms with van der Waals surface area (Å²) in [4.78, 5) is 24.9. The molecular weight excluding hydrogens is 394 g/mol. The number of nitrogens with zero attached hydrogens (tertiary/aromatic N) is 1. The third-order valence-electron chi connectivity index (χ3n) is 5.00. The van der Waals surface area contributed by atoms with Gasteiger partial charge in [-0.2, -0.15) is 5.10 Å². The number of nitrogens with one attached hydrogen (secondary N) is 2. The molecule has 1 fully saturated rings. The number of hydrogen-bond acceptors (Lipinski definition) is 3. The van der Waals surface area contributed by atoms with E-state index in [0.29, 0.717) is 6.54 Å². The highest BCUT2D eigenvalue weighted by Gasteiger charge is 2.41. The van der Waals surface area contributed by atoms with Gasteiger partial charge in [-0.3, -0.25) is 9.59 Å². The summed E-state index contributed by atoms with van der Waals surface area (Å²) in [6, 6.07) is 15.7.